The number of allylic oxidation sites excluding steroid dienone is 3. The maximum Gasteiger partial charge on any atom is 0.305 e. The first-order chi connectivity index (χ1) is 31.5. The Morgan fingerprint density at radius 3 is 1.11 bits per heavy atom. The average Bonchev–Trinajstić information content (AvgIpc) is 3.29. The third kappa shape index (κ3) is 49.8. The van der Waals surface area contributed by atoms with Gasteiger partial charge in [0, 0.05) is 12.8 Å². The van der Waals surface area contributed by atoms with E-state index in [1.54, 1.807) is 6.08 Å². The van der Waals surface area contributed by atoms with Crippen LogP contribution in [0.25, 0.3) is 0 Å². The van der Waals surface area contributed by atoms with Crippen molar-refractivity contribution < 1.29 is 24.5 Å². The Bertz CT molecular complexity index is 997. The largest absolute Gasteiger partial charge is 0.466 e. The van der Waals surface area contributed by atoms with Crippen molar-refractivity contribution in [1.82, 2.24) is 5.32 Å². The zero-order valence-electron chi connectivity index (χ0n) is 43.0. The van der Waals surface area contributed by atoms with Crippen molar-refractivity contribution in [2.24, 2.45) is 0 Å². The minimum atomic E-state index is -0.854. The Morgan fingerprint density at radius 1 is 0.422 bits per heavy atom. The standard InChI is InChI=1S/C58H111NO5/c1-3-5-7-9-11-13-15-17-19-20-24-28-32-36-40-44-48-52-58(63)64-53-49-45-41-37-33-29-25-22-21-23-27-31-35-39-43-47-51-57(62)59-55(54-60)56(61)50-46-42-38-34-30-26-18-16-14-12-10-8-6-4-2/h21,23,46,50,55-56,60-61H,3-20,22,24-45,47-49,51-54H2,1-2H3,(H,59,62)/b23-21-,50-46+. The summed E-state index contributed by atoms with van der Waals surface area (Å²) in [6.45, 7) is 4.89. The smallest absolute Gasteiger partial charge is 0.305 e. The van der Waals surface area contributed by atoms with Crippen LogP contribution in [0.3, 0.4) is 0 Å². The monoisotopic (exact) mass is 902 g/mol. The van der Waals surface area contributed by atoms with Gasteiger partial charge in [-0.3, -0.25) is 9.59 Å². The summed E-state index contributed by atoms with van der Waals surface area (Å²) in [4.78, 5) is 24.5. The normalized spacial score (nSPS) is 12.8. The zero-order chi connectivity index (χ0) is 46.5. The Morgan fingerprint density at radius 2 is 0.734 bits per heavy atom. The van der Waals surface area contributed by atoms with E-state index in [2.05, 4.69) is 31.3 Å². The van der Waals surface area contributed by atoms with Gasteiger partial charge in [-0.15, -0.1) is 0 Å². The zero-order valence-corrected chi connectivity index (χ0v) is 43.0. The summed E-state index contributed by atoms with van der Waals surface area (Å²) in [5.41, 5.74) is 0. The molecule has 0 aromatic carbocycles. The third-order valence-corrected chi connectivity index (χ3v) is 13.2. The van der Waals surface area contributed by atoms with Crippen LogP contribution in [-0.2, 0) is 14.3 Å². The lowest BCUT2D eigenvalue weighted by Gasteiger charge is -2.20. The van der Waals surface area contributed by atoms with Gasteiger partial charge in [0.1, 0.15) is 0 Å². The minimum absolute atomic E-state index is 0.0000987. The van der Waals surface area contributed by atoms with Gasteiger partial charge in [0.2, 0.25) is 5.91 Å². The van der Waals surface area contributed by atoms with Crippen LogP contribution in [-0.4, -0.2) is 47.4 Å². The van der Waals surface area contributed by atoms with E-state index in [0.29, 0.717) is 19.4 Å². The molecular formula is C58H111NO5. The highest BCUT2D eigenvalue weighted by atomic mass is 16.5. The number of unbranched alkanes of at least 4 members (excludes halogenated alkanes) is 40. The number of rotatable bonds is 53. The topological polar surface area (TPSA) is 95.9 Å². The van der Waals surface area contributed by atoms with E-state index < -0.39 is 12.1 Å². The summed E-state index contributed by atoms with van der Waals surface area (Å²) in [5.74, 6) is -0.0842. The minimum Gasteiger partial charge on any atom is -0.466 e. The molecule has 0 aliphatic heterocycles. The first-order valence-electron chi connectivity index (χ1n) is 28.6. The molecule has 0 saturated carbocycles. The number of nitrogens with one attached hydrogen (secondary N) is 1. The lowest BCUT2D eigenvalue weighted by atomic mass is 10.0. The van der Waals surface area contributed by atoms with E-state index in [1.807, 2.05) is 6.08 Å². The summed E-state index contributed by atoms with van der Waals surface area (Å²) in [6, 6.07) is -0.639. The predicted molar refractivity (Wildman–Crippen MR) is 278 cm³/mol. The predicted octanol–water partition coefficient (Wildman–Crippen LogP) is 17.5. The molecule has 0 fully saturated rings. The molecule has 0 aromatic rings. The highest BCUT2D eigenvalue weighted by Gasteiger charge is 2.18. The molecular weight excluding hydrogens is 791 g/mol. The molecule has 6 nitrogen and oxygen atoms in total. The van der Waals surface area contributed by atoms with Crippen LogP contribution in [0.15, 0.2) is 24.3 Å². The van der Waals surface area contributed by atoms with E-state index in [9.17, 15) is 19.8 Å². The molecule has 0 saturated heterocycles. The number of hydrogen-bond donors (Lipinski definition) is 3. The lowest BCUT2D eigenvalue weighted by molar-refractivity contribution is -0.143. The second kappa shape index (κ2) is 54.0. The van der Waals surface area contributed by atoms with Gasteiger partial charge in [0.15, 0.2) is 0 Å². The number of amides is 1. The van der Waals surface area contributed by atoms with Gasteiger partial charge in [-0.2, -0.15) is 0 Å². The molecule has 0 spiro atoms. The second-order valence-electron chi connectivity index (χ2n) is 19.6. The van der Waals surface area contributed by atoms with Gasteiger partial charge in [0.25, 0.3) is 0 Å². The molecule has 64 heavy (non-hydrogen) atoms. The van der Waals surface area contributed by atoms with Crippen LogP contribution in [0, 0.1) is 0 Å². The van der Waals surface area contributed by atoms with Crippen LogP contribution >= 0.6 is 0 Å². The van der Waals surface area contributed by atoms with Gasteiger partial charge in [-0.1, -0.05) is 263 Å². The summed E-state index contributed by atoms with van der Waals surface area (Å²) < 4.78 is 5.48. The van der Waals surface area contributed by atoms with Gasteiger partial charge in [0.05, 0.1) is 25.4 Å². The number of aliphatic hydroxyl groups is 2. The van der Waals surface area contributed by atoms with E-state index in [1.165, 1.54) is 218 Å². The molecule has 0 heterocycles. The third-order valence-electron chi connectivity index (χ3n) is 13.2. The number of carbonyl (C=O) groups excluding carboxylic acids is 2. The van der Waals surface area contributed by atoms with Crippen LogP contribution in [0.4, 0.5) is 0 Å². The van der Waals surface area contributed by atoms with Crippen molar-refractivity contribution in [2.45, 2.75) is 321 Å². The number of ether oxygens (including phenoxy) is 1. The molecule has 3 N–H and O–H groups in total. The van der Waals surface area contributed by atoms with Gasteiger partial charge < -0.3 is 20.3 Å². The highest BCUT2D eigenvalue weighted by molar-refractivity contribution is 5.76. The first kappa shape index (κ1) is 62.3. The van der Waals surface area contributed by atoms with Crippen LogP contribution in [0.5, 0.6) is 0 Å². The Balaban J connectivity index is 3.46. The van der Waals surface area contributed by atoms with Gasteiger partial charge in [-0.05, 0) is 57.8 Å². The first-order valence-corrected chi connectivity index (χ1v) is 28.6. The Kier molecular flexibility index (Phi) is 52.6. The number of carbonyl (C=O) groups is 2. The molecule has 0 aliphatic carbocycles. The lowest BCUT2D eigenvalue weighted by Crippen LogP contribution is -2.45. The molecule has 378 valence electrons. The van der Waals surface area contributed by atoms with Crippen LogP contribution in [0.1, 0.15) is 309 Å². The van der Waals surface area contributed by atoms with Gasteiger partial charge >= 0.3 is 5.97 Å². The fourth-order valence-electron chi connectivity index (χ4n) is 8.81. The van der Waals surface area contributed by atoms with Crippen molar-refractivity contribution >= 4 is 11.9 Å². The van der Waals surface area contributed by atoms with E-state index >= 15 is 0 Å². The molecule has 2 unspecified atom stereocenters. The van der Waals surface area contributed by atoms with Crippen molar-refractivity contribution in [1.29, 1.82) is 0 Å². The van der Waals surface area contributed by atoms with E-state index in [4.69, 9.17) is 4.74 Å². The summed E-state index contributed by atoms with van der Waals surface area (Å²) >= 11 is 0. The number of aliphatic hydroxyl groups excluding tert-OH is 2. The SMILES string of the molecule is CCCCCCCCCCCCCC/C=C/C(O)C(CO)NC(=O)CCCCCCC/C=C\CCCCCCCCCOC(=O)CCCCCCCCCCCCCCCCCCC. The summed E-state index contributed by atoms with van der Waals surface area (Å²) in [7, 11) is 0. The molecule has 1 amide bonds. The van der Waals surface area contributed by atoms with Crippen molar-refractivity contribution in [3.05, 3.63) is 24.3 Å². The fraction of sp³-hybridized carbons (Fsp3) is 0.897. The maximum atomic E-state index is 12.4. The van der Waals surface area contributed by atoms with Crippen molar-refractivity contribution in [3.63, 3.8) is 0 Å². The Hall–Kier alpha value is -1.66. The maximum absolute atomic E-state index is 12.4. The molecule has 2 atom stereocenters. The molecule has 0 bridgehead atoms. The molecule has 0 aliphatic rings. The Labute approximate surface area is 399 Å². The summed E-state index contributed by atoms with van der Waals surface area (Å²) in [5, 5.41) is 23.1. The van der Waals surface area contributed by atoms with E-state index in [0.717, 1.165) is 64.2 Å². The quantitative estimate of drug-likeness (QED) is 0.0321. The molecule has 0 radical (unpaired) electrons. The van der Waals surface area contributed by atoms with E-state index in [-0.39, 0.29) is 18.5 Å². The second-order valence-corrected chi connectivity index (χ2v) is 19.6. The summed E-state index contributed by atoms with van der Waals surface area (Å²) in [6.07, 6.45) is 64.8. The molecule has 6 heteroatoms. The van der Waals surface area contributed by atoms with Gasteiger partial charge in [-0.25, -0.2) is 0 Å². The average molecular weight is 903 g/mol. The van der Waals surface area contributed by atoms with Crippen LogP contribution in [0.2, 0.25) is 0 Å². The highest BCUT2D eigenvalue weighted by Crippen LogP contribution is 2.17. The number of hydrogen-bond acceptors (Lipinski definition) is 5. The number of esters is 1. The molecule has 0 aromatic heterocycles. The van der Waals surface area contributed by atoms with Crippen molar-refractivity contribution in [3.8, 4) is 0 Å². The molecule has 0 rings (SSSR count). The van der Waals surface area contributed by atoms with Crippen molar-refractivity contribution in [2.75, 3.05) is 13.2 Å². The fourth-order valence-corrected chi connectivity index (χ4v) is 8.81. The van der Waals surface area contributed by atoms with Crippen LogP contribution < -0.4 is 5.32 Å².